The quantitative estimate of drug-likeness (QED) is 0.621. The minimum Gasteiger partial charge on any atom is -0.486 e. The number of halogens is 1. The Hall–Kier alpha value is -1.81. The fourth-order valence-electron chi connectivity index (χ4n) is 1.77. The van der Waals surface area contributed by atoms with Gasteiger partial charge in [0.2, 0.25) is 5.28 Å². The molecule has 0 aliphatic carbocycles. The Morgan fingerprint density at radius 3 is 3.17 bits per heavy atom. The van der Waals surface area contributed by atoms with Crippen LogP contribution in [0.1, 0.15) is 6.92 Å². The first-order valence-corrected chi connectivity index (χ1v) is 6.02. The highest BCUT2D eigenvalue weighted by atomic mass is 35.5. The lowest BCUT2D eigenvalue weighted by Gasteiger charge is -2.30. The van der Waals surface area contributed by atoms with Crippen LogP contribution in [-0.2, 0) is 0 Å². The van der Waals surface area contributed by atoms with Gasteiger partial charge in [0.05, 0.1) is 12.7 Å². The van der Waals surface area contributed by atoms with Gasteiger partial charge in [0.1, 0.15) is 6.61 Å². The maximum atomic E-state index is 5.84. The number of fused-ring (bicyclic) bond motifs is 1. The molecule has 0 radical (unpaired) electrons. The van der Waals surface area contributed by atoms with E-state index in [1.807, 2.05) is 30.1 Å². The van der Waals surface area contributed by atoms with Crippen molar-refractivity contribution in [2.24, 2.45) is 0 Å². The van der Waals surface area contributed by atoms with E-state index in [4.69, 9.17) is 16.3 Å². The number of allylic oxidation sites excluding steroid dienone is 4. The summed E-state index contributed by atoms with van der Waals surface area (Å²) in [7, 11) is 0. The molecule has 0 N–H and O–H groups in total. The molecule has 0 saturated heterocycles. The lowest BCUT2D eigenvalue weighted by atomic mass is 10.2. The Kier molecular flexibility index (Phi) is 3.99. The fourth-order valence-corrected chi connectivity index (χ4v) is 1.90. The van der Waals surface area contributed by atoms with Gasteiger partial charge in [-0.1, -0.05) is 18.7 Å². The van der Waals surface area contributed by atoms with E-state index in [1.165, 1.54) is 0 Å². The molecule has 4 nitrogen and oxygen atoms in total. The van der Waals surface area contributed by atoms with Crippen LogP contribution in [0, 0.1) is 0 Å². The van der Waals surface area contributed by atoms with Gasteiger partial charge in [-0.05, 0) is 30.7 Å². The molecule has 0 unspecified atom stereocenters. The van der Waals surface area contributed by atoms with E-state index in [0.29, 0.717) is 24.7 Å². The summed E-state index contributed by atoms with van der Waals surface area (Å²) < 4.78 is 5.51. The molecule has 5 heteroatoms. The standard InChI is InChI=1S/C13H14ClN3O/c1-3-5-10(6-4-2)17-7-8-18-11-9-15-13(14)16-12(11)17/h3-6,9H,1,7-8H2,2H3. The highest BCUT2D eigenvalue weighted by Crippen LogP contribution is 2.32. The summed E-state index contributed by atoms with van der Waals surface area (Å²) in [6.45, 7) is 6.99. The first kappa shape index (κ1) is 12.6. The van der Waals surface area contributed by atoms with Gasteiger partial charge < -0.3 is 9.64 Å². The number of rotatable bonds is 3. The van der Waals surface area contributed by atoms with Crippen molar-refractivity contribution in [2.75, 3.05) is 18.1 Å². The number of hydrogen-bond acceptors (Lipinski definition) is 4. The number of ether oxygens (including phenoxy) is 1. The SMILES string of the molecule is C=CC=C(C=CC)N1CCOc2cnc(Cl)nc21. The molecule has 0 aromatic carbocycles. The van der Waals surface area contributed by atoms with Crippen molar-refractivity contribution in [3.63, 3.8) is 0 Å². The number of aromatic nitrogens is 2. The number of hydrogen-bond donors (Lipinski definition) is 0. The minimum absolute atomic E-state index is 0.211. The Balaban J connectivity index is 2.45. The Bertz CT molecular complexity index is 511. The first-order chi connectivity index (χ1) is 8.76. The Morgan fingerprint density at radius 1 is 1.61 bits per heavy atom. The lowest BCUT2D eigenvalue weighted by Crippen LogP contribution is -2.32. The van der Waals surface area contributed by atoms with Crippen molar-refractivity contribution < 1.29 is 4.74 Å². The molecule has 2 heterocycles. The van der Waals surface area contributed by atoms with Gasteiger partial charge in [-0.15, -0.1) is 0 Å². The molecule has 1 aromatic heterocycles. The van der Waals surface area contributed by atoms with Gasteiger partial charge in [-0.3, -0.25) is 0 Å². The monoisotopic (exact) mass is 263 g/mol. The highest BCUT2D eigenvalue weighted by Gasteiger charge is 2.22. The summed E-state index contributed by atoms with van der Waals surface area (Å²) in [5.74, 6) is 1.33. The van der Waals surface area contributed by atoms with Crippen LogP contribution in [-0.4, -0.2) is 23.1 Å². The first-order valence-electron chi connectivity index (χ1n) is 5.64. The van der Waals surface area contributed by atoms with Gasteiger partial charge >= 0.3 is 0 Å². The average molecular weight is 264 g/mol. The molecule has 94 valence electrons. The van der Waals surface area contributed by atoms with Gasteiger partial charge in [0.25, 0.3) is 0 Å². The van der Waals surface area contributed by atoms with E-state index in [2.05, 4.69) is 16.5 Å². The van der Waals surface area contributed by atoms with Crippen LogP contribution in [0.4, 0.5) is 5.82 Å². The molecule has 0 bridgehead atoms. The zero-order valence-electron chi connectivity index (χ0n) is 10.1. The fraction of sp³-hybridized carbons (Fsp3) is 0.231. The normalized spacial score (nSPS) is 15.4. The smallest absolute Gasteiger partial charge is 0.224 e. The third-order valence-electron chi connectivity index (χ3n) is 2.47. The van der Waals surface area contributed by atoms with Crippen LogP contribution in [0.25, 0.3) is 0 Å². The number of nitrogens with zero attached hydrogens (tertiary/aromatic N) is 3. The number of anilines is 1. The average Bonchev–Trinajstić information content (AvgIpc) is 2.38. The molecule has 0 spiro atoms. The second kappa shape index (κ2) is 5.69. The van der Waals surface area contributed by atoms with Gasteiger partial charge in [0.15, 0.2) is 11.6 Å². The second-order valence-electron chi connectivity index (χ2n) is 3.65. The van der Waals surface area contributed by atoms with E-state index in [9.17, 15) is 0 Å². The zero-order valence-corrected chi connectivity index (χ0v) is 10.9. The zero-order chi connectivity index (χ0) is 13.0. The molecule has 18 heavy (non-hydrogen) atoms. The molecular weight excluding hydrogens is 250 g/mol. The van der Waals surface area contributed by atoms with Crippen LogP contribution >= 0.6 is 11.6 Å². The second-order valence-corrected chi connectivity index (χ2v) is 3.99. The molecule has 0 atom stereocenters. The van der Waals surface area contributed by atoms with Crippen LogP contribution in [0.15, 0.2) is 42.8 Å². The van der Waals surface area contributed by atoms with E-state index in [-0.39, 0.29) is 5.28 Å². The molecule has 1 aliphatic heterocycles. The minimum atomic E-state index is 0.211. The molecular formula is C13H14ClN3O. The molecule has 1 aromatic rings. The molecule has 0 saturated carbocycles. The third kappa shape index (κ3) is 2.54. The maximum absolute atomic E-state index is 5.84. The van der Waals surface area contributed by atoms with Crippen LogP contribution < -0.4 is 9.64 Å². The van der Waals surface area contributed by atoms with Gasteiger partial charge in [-0.25, -0.2) is 4.98 Å². The molecule has 0 amide bonds. The lowest BCUT2D eigenvalue weighted by molar-refractivity contribution is 0.308. The van der Waals surface area contributed by atoms with Gasteiger partial charge in [0, 0.05) is 5.70 Å². The summed E-state index contributed by atoms with van der Waals surface area (Å²) in [6.07, 6.45) is 9.22. The van der Waals surface area contributed by atoms with E-state index < -0.39 is 0 Å². The Labute approximate surface area is 111 Å². The van der Waals surface area contributed by atoms with Crippen molar-refractivity contribution in [3.8, 4) is 5.75 Å². The van der Waals surface area contributed by atoms with Crippen molar-refractivity contribution in [2.45, 2.75) is 6.92 Å². The van der Waals surface area contributed by atoms with Crippen LogP contribution in [0.3, 0.4) is 0 Å². The summed E-state index contributed by atoms with van der Waals surface area (Å²) in [5.41, 5.74) is 0.992. The molecule has 1 aliphatic rings. The predicted molar refractivity (Wildman–Crippen MR) is 73.0 cm³/mol. The largest absolute Gasteiger partial charge is 0.486 e. The predicted octanol–water partition coefficient (Wildman–Crippen LogP) is 2.97. The molecule has 2 rings (SSSR count). The van der Waals surface area contributed by atoms with Crippen molar-refractivity contribution in [1.82, 2.24) is 9.97 Å². The molecule has 0 fully saturated rings. The Morgan fingerprint density at radius 2 is 2.44 bits per heavy atom. The van der Waals surface area contributed by atoms with Crippen molar-refractivity contribution >= 4 is 17.4 Å². The highest BCUT2D eigenvalue weighted by molar-refractivity contribution is 6.28. The van der Waals surface area contributed by atoms with Crippen molar-refractivity contribution in [1.29, 1.82) is 0 Å². The van der Waals surface area contributed by atoms with E-state index in [0.717, 1.165) is 5.70 Å². The summed E-state index contributed by atoms with van der Waals surface area (Å²) in [5, 5.41) is 0.211. The summed E-state index contributed by atoms with van der Waals surface area (Å²) in [4.78, 5) is 10.2. The third-order valence-corrected chi connectivity index (χ3v) is 2.65. The summed E-state index contributed by atoms with van der Waals surface area (Å²) >= 11 is 5.84. The van der Waals surface area contributed by atoms with E-state index >= 15 is 0 Å². The maximum Gasteiger partial charge on any atom is 0.224 e. The van der Waals surface area contributed by atoms with Crippen LogP contribution in [0.5, 0.6) is 5.75 Å². The topological polar surface area (TPSA) is 38.2 Å². The van der Waals surface area contributed by atoms with Crippen molar-refractivity contribution in [3.05, 3.63) is 48.1 Å². The van der Waals surface area contributed by atoms with E-state index in [1.54, 1.807) is 12.3 Å². The van der Waals surface area contributed by atoms with Gasteiger partial charge in [-0.2, -0.15) is 4.98 Å². The summed E-state index contributed by atoms with van der Waals surface area (Å²) in [6, 6.07) is 0. The van der Waals surface area contributed by atoms with Crippen LogP contribution in [0.2, 0.25) is 5.28 Å².